The largest absolute Gasteiger partial charge is 0.352 e. The Balaban J connectivity index is 2.44. The van der Waals surface area contributed by atoms with Gasteiger partial charge in [-0.05, 0) is 50.1 Å². The Morgan fingerprint density at radius 3 is 2.21 bits per heavy atom. The average molecular weight is 498 g/mol. The van der Waals surface area contributed by atoms with Gasteiger partial charge in [0, 0.05) is 17.6 Å². The molecule has 2 aromatic rings. The molecular formula is C23H29ClFN3O4S. The van der Waals surface area contributed by atoms with E-state index in [2.05, 4.69) is 5.32 Å². The van der Waals surface area contributed by atoms with Gasteiger partial charge < -0.3 is 10.2 Å². The van der Waals surface area contributed by atoms with Crippen molar-refractivity contribution < 1.29 is 22.4 Å². The molecule has 2 amide bonds. The lowest BCUT2D eigenvalue weighted by Gasteiger charge is -2.33. The number of benzene rings is 2. The highest BCUT2D eigenvalue weighted by molar-refractivity contribution is 7.92. The van der Waals surface area contributed by atoms with Crippen molar-refractivity contribution in [2.75, 3.05) is 17.1 Å². The Labute approximate surface area is 199 Å². The molecule has 1 atom stereocenters. The van der Waals surface area contributed by atoms with Crippen LogP contribution in [0.15, 0.2) is 48.5 Å². The molecule has 0 saturated carbocycles. The van der Waals surface area contributed by atoms with E-state index in [1.54, 1.807) is 45.0 Å². The van der Waals surface area contributed by atoms with Crippen LogP contribution in [0, 0.1) is 5.82 Å². The Morgan fingerprint density at radius 2 is 1.70 bits per heavy atom. The number of nitrogens with zero attached hydrogens (tertiary/aromatic N) is 2. The van der Waals surface area contributed by atoms with Crippen LogP contribution >= 0.6 is 11.6 Å². The van der Waals surface area contributed by atoms with E-state index in [0.29, 0.717) is 21.3 Å². The first-order chi connectivity index (χ1) is 15.4. The van der Waals surface area contributed by atoms with Crippen LogP contribution in [0.5, 0.6) is 0 Å². The van der Waals surface area contributed by atoms with Crippen LogP contribution in [0.1, 0.15) is 32.8 Å². The van der Waals surface area contributed by atoms with E-state index in [4.69, 9.17) is 11.6 Å². The fourth-order valence-corrected chi connectivity index (χ4v) is 4.31. The molecule has 2 rings (SSSR count). The van der Waals surface area contributed by atoms with Gasteiger partial charge in [0.2, 0.25) is 21.8 Å². The van der Waals surface area contributed by atoms with Gasteiger partial charge >= 0.3 is 0 Å². The van der Waals surface area contributed by atoms with Crippen molar-refractivity contribution >= 4 is 39.1 Å². The first kappa shape index (κ1) is 26.6. The number of halogens is 2. The van der Waals surface area contributed by atoms with Crippen molar-refractivity contribution in [3.63, 3.8) is 0 Å². The number of nitrogens with one attached hydrogen (secondary N) is 1. The topological polar surface area (TPSA) is 86.8 Å². The number of hydrogen-bond donors (Lipinski definition) is 1. The predicted octanol–water partition coefficient (Wildman–Crippen LogP) is 3.58. The maximum atomic E-state index is 14.4. The van der Waals surface area contributed by atoms with Crippen molar-refractivity contribution in [1.29, 1.82) is 0 Å². The highest BCUT2D eigenvalue weighted by Gasteiger charge is 2.32. The summed E-state index contributed by atoms with van der Waals surface area (Å²) >= 11 is 5.96. The predicted molar refractivity (Wildman–Crippen MR) is 128 cm³/mol. The van der Waals surface area contributed by atoms with Crippen LogP contribution < -0.4 is 9.62 Å². The third-order valence-corrected chi connectivity index (χ3v) is 6.26. The monoisotopic (exact) mass is 497 g/mol. The lowest BCUT2D eigenvalue weighted by atomic mass is 10.1. The Bertz CT molecular complexity index is 1080. The van der Waals surface area contributed by atoms with Crippen LogP contribution in [0.2, 0.25) is 5.02 Å². The first-order valence-electron chi connectivity index (χ1n) is 10.5. The number of hydrogen-bond acceptors (Lipinski definition) is 4. The van der Waals surface area contributed by atoms with Crippen LogP contribution in [-0.4, -0.2) is 50.0 Å². The molecule has 7 nitrogen and oxygen atoms in total. The summed E-state index contributed by atoms with van der Waals surface area (Å²) < 4.78 is 40.0. The number of rotatable bonds is 10. The van der Waals surface area contributed by atoms with Gasteiger partial charge in [0.25, 0.3) is 0 Å². The molecule has 33 heavy (non-hydrogen) atoms. The molecule has 0 fully saturated rings. The normalized spacial score (nSPS) is 12.3. The van der Waals surface area contributed by atoms with Crippen LogP contribution in [0.25, 0.3) is 0 Å². The minimum atomic E-state index is -3.99. The summed E-state index contributed by atoms with van der Waals surface area (Å²) in [6.07, 6.45) is 1.20. The van der Waals surface area contributed by atoms with Crippen LogP contribution in [-0.2, 0) is 26.2 Å². The second-order valence-corrected chi connectivity index (χ2v) is 10.3. The number of carbonyl (C=O) groups excluding carboxylic acids is 2. The molecule has 1 unspecified atom stereocenters. The molecule has 1 N–H and O–H groups in total. The minimum absolute atomic E-state index is 0.0505. The van der Waals surface area contributed by atoms with Crippen LogP contribution in [0.3, 0.4) is 0 Å². The van der Waals surface area contributed by atoms with E-state index >= 15 is 0 Å². The molecule has 0 spiro atoms. The van der Waals surface area contributed by atoms with Crippen molar-refractivity contribution in [3.05, 3.63) is 64.9 Å². The van der Waals surface area contributed by atoms with E-state index in [0.717, 1.165) is 12.3 Å². The van der Waals surface area contributed by atoms with Gasteiger partial charge in [-0.1, -0.05) is 42.8 Å². The van der Waals surface area contributed by atoms with Crippen molar-refractivity contribution in [1.82, 2.24) is 10.2 Å². The Kier molecular flexibility index (Phi) is 9.25. The lowest BCUT2D eigenvalue weighted by molar-refractivity contribution is -0.140. The molecule has 0 aliphatic carbocycles. The summed E-state index contributed by atoms with van der Waals surface area (Å²) in [5, 5.41) is 3.32. The quantitative estimate of drug-likeness (QED) is 0.543. The van der Waals surface area contributed by atoms with E-state index in [-0.39, 0.29) is 24.2 Å². The van der Waals surface area contributed by atoms with E-state index in [1.165, 1.54) is 23.1 Å². The molecule has 2 aromatic carbocycles. The zero-order valence-electron chi connectivity index (χ0n) is 19.1. The molecule has 0 saturated heterocycles. The lowest BCUT2D eigenvalue weighted by Crippen LogP contribution is -2.53. The van der Waals surface area contributed by atoms with Gasteiger partial charge in [-0.25, -0.2) is 12.8 Å². The molecule has 0 aliphatic rings. The molecule has 180 valence electrons. The molecule has 10 heteroatoms. The number of amides is 2. The summed E-state index contributed by atoms with van der Waals surface area (Å²) in [5.41, 5.74) is 0.472. The van der Waals surface area contributed by atoms with Crippen LogP contribution in [0.4, 0.5) is 10.1 Å². The van der Waals surface area contributed by atoms with Gasteiger partial charge in [0.15, 0.2) is 0 Å². The fraction of sp³-hybridized carbons (Fsp3) is 0.391. The van der Waals surface area contributed by atoms with Gasteiger partial charge in [0.1, 0.15) is 18.4 Å². The third-order valence-electron chi connectivity index (χ3n) is 4.88. The second kappa shape index (κ2) is 11.5. The summed E-state index contributed by atoms with van der Waals surface area (Å²) in [5.74, 6) is -1.76. The van der Waals surface area contributed by atoms with E-state index in [9.17, 15) is 22.4 Å². The molecule has 0 bridgehead atoms. The van der Waals surface area contributed by atoms with Gasteiger partial charge in [-0.15, -0.1) is 0 Å². The number of sulfonamides is 1. The van der Waals surface area contributed by atoms with Crippen molar-refractivity contribution in [2.45, 2.75) is 45.8 Å². The molecular weight excluding hydrogens is 469 g/mol. The maximum Gasteiger partial charge on any atom is 0.244 e. The van der Waals surface area contributed by atoms with Gasteiger partial charge in [0.05, 0.1) is 11.9 Å². The summed E-state index contributed by atoms with van der Waals surface area (Å²) in [7, 11) is -3.99. The minimum Gasteiger partial charge on any atom is -0.352 e. The van der Waals surface area contributed by atoms with Crippen molar-refractivity contribution in [2.24, 2.45) is 0 Å². The summed E-state index contributed by atoms with van der Waals surface area (Å²) in [6, 6.07) is 11.1. The van der Waals surface area contributed by atoms with Crippen molar-refractivity contribution in [3.8, 4) is 0 Å². The third kappa shape index (κ3) is 7.43. The molecule has 0 aliphatic heterocycles. The number of anilines is 1. The number of carbonyl (C=O) groups is 2. The molecule has 0 aromatic heterocycles. The van der Waals surface area contributed by atoms with Gasteiger partial charge in [-0.2, -0.15) is 0 Å². The standard InChI is InChI=1S/C23H29ClFN3O4S/c1-5-20(23(30)26-16(2)3)27(14-17-10-12-18(24)13-11-17)22(29)15-28(33(4,31)32)21-9-7-6-8-19(21)25/h6-13,16,20H,5,14-15H2,1-4H3,(H,26,30). The van der Waals surface area contributed by atoms with E-state index in [1.807, 2.05) is 0 Å². The highest BCUT2D eigenvalue weighted by Crippen LogP contribution is 2.23. The molecule has 0 radical (unpaired) electrons. The van der Waals surface area contributed by atoms with E-state index < -0.39 is 34.3 Å². The maximum absolute atomic E-state index is 14.4. The number of para-hydroxylation sites is 1. The molecule has 0 heterocycles. The average Bonchev–Trinajstić information content (AvgIpc) is 2.72. The summed E-state index contributed by atoms with van der Waals surface area (Å²) in [4.78, 5) is 27.6. The first-order valence-corrected chi connectivity index (χ1v) is 12.7. The smallest absolute Gasteiger partial charge is 0.244 e. The Hall–Kier alpha value is -2.65. The fourth-order valence-electron chi connectivity index (χ4n) is 3.34. The highest BCUT2D eigenvalue weighted by atomic mass is 35.5. The SMILES string of the molecule is CCC(C(=O)NC(C)C)N(Cc1ccc(Cl)cc1)C(=O)CN(c1ccccc1F)S(C)(=O)=O. The summed E-state index contributed by atoms with van der Waals surface area (Å²) in [6.45, 7) is 4.77. The second-order valence-electron chi connectivity index (χ2n) is 7.96. The zero-order valence-corrected chi connectivity index (χ0v) is 20.7. The zero-order chi connectivity index (χ0) is 24.8. The van der Waals surface area contributed by atoms with Gasteiger partial charge in [-0.3, -0.25) is 13.9 Å². The Morgan fingerprint density at radius 1 is 1.09 bits per heavy atom.